The van der Waals surface area contributed by atoms with Crippen molar-refractivity contribution in [1.82, 2.24) is 9.21 Å². The summed E-state index contributed by atoms with van der Waals surface area (Å²) in [4.78, 5) is 15.2. The normalized spacial score (nSPS) is 14.7. The van der Waals surface area contributed by atoms with Crippen LogP contribution in [0.1, 0.15) is 34.5 Å². The molecule has 0 atom stereocenters. The van der Waals surface area contributed by atoms with E-state index in [1.807, 2.05) is 36.4 Å². The summed E-state index contributed by atoms with van der Waals surface area (Å²) in [6.07, 6.45) is 3.31. The predicted octanol–water partition coefficient (Wildman–Crippen LogP) is 3.91. The van der Waals surface area contributed by atoms with E-state index < -0.39 is 10.0 Å². The minimum Gasteiger partial charge on any atom is -0.467 e. The first-order chi connectivity index (χ1) is 14.5. The van der Waals surface area contributed by atoms with Crippen LogP contribution in [0.15, 0.2) is 82.3 Å². The van der Waals surface area contributed by atoms with E-state index in [0.29, 0.717) is 37.5 Å². The van der Waals surface area contributed by atoms with Gasteiger partial charge in [-0.3, -0.25) is 4.79 Å². The maximum absolute atomic E-state index is 13.4. The summed E-state index contributed by atoms with van der Waals surface area (Å²) in [5.74, 6) is 0.425. The van der Waals surface area contributed by atoms with Gasteiger partial charge in [0.05, 0.1) is 17.7 Å². The maximum atomic E-state index is 13.4. The van der Waals surface area contributed by atoms with Gasteiger partial charge in [-0.2, -0.15) is 4.31 Å². The molecule has 30 heavy (non-hydrogen) atoms. The summed E-state index contributed by atoms with van der Waals surface area (Å²) in [5, 5.41) is 0. The molecule has 1 aliphatic heterocycles. The monoisotopic (exact) mass is 424 g/mol. The zero-order valence-corrected chi connectivity index (χ0v) is 17.4. The third-order valence-electron chi connectivity index (χ3n) is 5.21. The second-order valence-electron chi connectivity index (χ2n) is 7.37. The highest BCUT2D eigenvalue weighted by atomic mass is 32.2. The Morgan fingerprint density at radius 2 is 1.70 bits per heavy atom. The SMILES string of the molecule is O=C(c1cccc(S(=O)(=O)N2CCCC2)c1)N(Cc1ccccc1)Cc1ccco1. The van der Waals surface area contributed by atoms with Crippen molar-refractivity contribution >= 4 is 15.9 Å². The van der Waals surface area contributed by atoms with Gasteiger partial charge in [-0.25, -0.2) is 8.42 Å². The van der Waals surface area contributed by atoms with Crippen molar-refractivity contribution in [2.24, 2.45) is 0 Å². The molecule has 0 radical (unpaired) electrons. The third-order valence-corrected chi connectivity index (χ3v) is 7.11. The predicted molar refractivity (Wildman–Crippen MR) is 113 cm³/mol. The number of benzene rings is 2. The lowest BCUT2D eigenvalue weighted by atomic mass is 10.1. The molecule has 0 spiro atoms. The second kappa shape index (κ2) is 8.85. The fourth-order valence-electron chi connectivity index (χ4n) is 3.64. The minimum absolute atomic E-state index is 0.160. The molecule has 7 heteroatoms. The highest BCUT2D eigenvalue weighted by Gasteiger charge is 2.28. The number of hydrogen-bond donors (Lipinski definition) is 0. The quantitative estimate of drug-likeness (QED) is 0.577. The van der Waals surface area contributed by atoms with Crippen molar-refractivity contribution in [3.8, 4) is 0 Å². The number of hydrogen-bond acceptors (Lipinski definition) is 4. The standard InChI is InChI=1S/C23H24N2O4S/c26-23(20-10-6-12-22(16-20)30(27,28)25-13-4-5-14-25)24(18-21-11-7-15-29-21)17-19-8-2-1-3-9-19/h1-3,6-12,15-16H,4-5,13-14,17-18H2. The molecule has 1 aliphatic rings. The second-order valence-corrected chi connectivity index (χ2v) is 9.30. The van der Waals surface area contributed by atoms with Crippen LogP contribution in [0.5, 0.6) is 0 Å². The number of amides is 1. The minimum atomic E-state index is -3.59. The zero-order valence-electron chi connectivity index (χ0n) is 16.6. The van der Waals surface area contributed by atoms with Crippen LogP contribution in [0, 0.1) is 0 Å². The number of carbonyl (C=O) groups is 1. The number of rotatable bonds is 7. The van der Waals surface area contributed by atoms with Crippen LogP contribution in [-0.4, -0.2) is 36.6 Å². The van der Waals surface area contributed by atoms with Gasteiger partial charge in [-0.05, 0) is 48.7 Å². The van der Waals surface area contributed by atoms with E-state index in [-0.39, 0.29) is 10.8 Å². The Labute approximate surface area is 176 Å². The number of nitrogens with zero attached hydrogens (tertiary/aromatic N) is 2. The fraction of sp³-hybridized carbons (Fsp3) is 0.261. The first-order valence-corrected chi connectivity index (χ1v) is 11.4. The van der Waals surface area contributed by atoms with Crippen LogP contribution in [-0.2, 0) is 23.1 Å². The van der Waals surface area contributed by atoms with Crippen LogP contribution >= 0.6 is 0 Å². The van der Waals surface area contributed by atoms with Gasteiger partial charge in [0, 0.05) is 25.2 Å². The van der Waals surface area contributed by atoms with Gasteiger partial charge in [0.1, 0.15) is 5.76 Å². The molecule has 0 saturated carbocycles. The first-order valence-electron chi connectivity index (χ1n) is 10.00. The highest BCUT2D eigenvalue weighted by Crippen LogP contribution is 2.23. The molecule has 1 fully saturated rings. The molecule has 2 heterocycles. The summed E-state index contributed by atoms with van der Waals surface area (Å²) < 4.78 is 32.7. The van der Waals surface area contributed by atoms with Gasteiger partial charge < -0.3 is 9.32 Å². The van der Waals surface area contributed by atoms with E-state index in [4.69, 9.17) is 4.42 Å². The lowest BCUT2D eigenvalue weighted by molar-refractivity contribution is 0.0717. The molecule has 6 nitrogen and oxygen atoms in total. The lowest BCUT2D eigenvalue weighted by Crippen LogP contribution is -2.31. The van der Waals surface area contributed by atoms with Crippen molar-refractivity contribution in [2.75, 3.05) is 13.1 Å². The van der Waals surface area contributed by atoms with Gasteiger partial charge in [-0.15, -0.1) is 0 Å². The van der Waals surface area contributed by atoms with Crippen molar-refractivity contribution in [3.05, 3.63) is 89.9 Å². The Morgan fingerprint density at radius 1 is 0.933 bits per heavy atom. The molecule has 3 aromatic rings. The van der Waals surface area contributed by atoms with Gasteiger partial charge in [0.2, 0.25) is 10.0 Å². The van der Waals surface area contributed by atoms with E-state index in [1.54, 1.807) is 35.4 Å². The molecule has 1 amide bonds. The molecule has 1 saturated heterocycles. The average molecular weight is 425 g/mol. The summed E-state index contributed by atoms with van der Waals surface area (Å²) in [5.41, 5.74) is 1.33. The largest absolute Gasteiger partial charge is 0.467 e. The van der Waals surface area contributed by atoms with Gasteiger partial charge in [0.25, 0.3) is 5.91 Å². The Bertz CT molecular complexity index is 1090. The Kier molecular flexibility index (Phi) is 6.01. The Balaban J connectivity index is 1.62. The zero-order chi connectivity index (χ0) is 21.0. The topological polar surface area (TPSA) is 70.8 Å². The molecule has 4 rings (SSSR count). The summed E-state index contributed by atoms with van der Waals surface area (Å²) >= 11 is 0. The van der Waals surface area contributed by atoms with E-state index in [0.717, 1.165) is 18.4 Å². The lowest BCUT2D eigenvalue weighted by Gasteiger charge is -2.23. The van der Waals surface area contributed by atoms with E-state index >= 15 is 0 Å². The number of sulfonamides is 1. The first kappa shape index (κ1) is 20.4. The fourth-order valence-corrected chi connectivity index (χ4v) is 5.21. The summed E-state index contributed by atoms with van der Waals surface area (Å²) in [7, 11) is -3.59. The molecule has 0 bridgehead atoms. The molecule has 0 aliphatic carbocycles. The van der Waals surface area contributed by atoms with E-state index in [2.05, 4.69) is 0 Å². The molecule has 0 unspecified atom stereocenters. The number of carbonyl (C=O) groups excluding carboxylic acids is 1. The van der Waals surface area contributed by atoms with E-state index in [1.165, 1.54) is 10.4 Å². The average Bonchev–Trinajstić information content (AvgIpc) is 3.48. The van der Waals surface area contributed by atoms with Gasteiger partial charge in [0.15, 0.2) is 0 Å². The summed E-state index contributed by atoms with van der Waals surface area (Å²) in [6, 6.07) is 19.6. The molecular formula is C23H24N2O4S. The molecule has 1 aromatic heterocycles. The Hall–Kier alpha value is -2.90. The molecular weight excluding hydrogens is 400 g/mol. The van der Waals surface area contributed by atoms with Crippen LogP contribution in [0.3, 0.4) is 0 Å². The van der Waals surface area contributed by atoms with Crippen LogP contribution < -0.4 is 0 Å². The molecule has 0 N–H and O–H groups in total. The molecule has 156 valence electrons. The van der Waals surface area contributed by atoms with E-state index in [9.17, 15) is 13.2 Å². The van der Waals surface area contributed by atoms with Crippen molar-refractivity contribution in [1.29, 1.82) is 0 Å². The van der Waals surface area contributed by atoms with Crippen LogP contribution in [0.25, 0.3) is 0 Å². The highest BCUT2D eigenvalue weighted by molar-refractivity contribution is 7.89. The van der Waals surface area contributed by atoms with Crippen molar-refractivity contribution in [3.63, 3.8) is 0 Å². The van der Waals surface area contributed by atoms with Crippen LogP contribution in [0.2, 0.25) is 0 Å². The smallest absolute Gasteiger partial charge is 0.254 e. The molecule has 2 aromatic carbocycles. The van der Waals surface area contributed by atoms with Crippen molar-refractivity contribution < 1.29 is 17.6 Å². The van der Waals surface area contributed by atoms with Crippen LogP contribution in [0.4, 0.5) is 0 Å². The Morgan fingerprint density at radius 3 is 2.40 bits per heavy atom. The van der Waals surface area contributed by atoms with Gasteiger partial charge >= 0.3 is 0 Å². The third kappa shape index (κ3) is 4.47. The maximum Gasteiger partial charge on any atom is 0.254 e. The summed E-state index contributed by atoms with van der Waals surface area (Å²) in [6.45, 7) is 1.74. The van der Waals surface area contributed by atoms with Gasteiger partial charge in [-0.1, -0.05) is 36.4 Å². The number of furan rings is 1. The van der Waals surface area contributed by atoms with Crippen molar-refractivity contribution in [2.45, 2.75) is 30.8 Å².